The van der Waals surface area contributed by atoms with Crippen molar-refractivity contribution in [3.8, 4) is 5.75 Å². The van der Waals surface area contributed by atoms with Gasteiger partial charge < -0.3 is 19.1 Å². The summed E-state index contributed by atoms with van der Waals surface area (Å²) in [4.78, 5) is 14.5. The Labute approximate surface area is 118 Å². The van der Waals surface area contributed by atoms with Crippen LogP contribution in [0.4, 0.5) is 0 Å². The van der Waals surface area contributed by atoms with Crippen LogP contribution in [0.25, 0.3) is 0 Å². The quantitative estimate of drug-likeness (QED) is 0.825. The first-order valence-electron chi connectivity index (χ1n) is 6.94. The Morgan fingerprint density at radius 1 is 1.30 bits per heavy atom. The summed E-state index contributed by atoms with van der Waals surface area (Å²) in [6.07, 6.45) is 1.74. The fourth-order valence-electron chi connectivity index (χ4n) is 2.89. The highest BCUT2D eigenvalue weighted by atomic mass is 16.7. The van der Waals surface area contributed by atoms with Crippen molar-refractivity contribution in [1.29, 1.82) is 0 Å². The van der Waals surface area contributed by atoms with Gasteiger partial charge in [-0.1, -0.05) is 12.1 Å². The second kappa shape index (κ2) is 5.42. The maximum atomic E-state index is 12.7. The minimum atomic E-state index is -0.587. The molecule has 0 saturated carbocycles. The van der Waals surface area contributed by atoms with Gasteiger partial charge in [0.2, 0.25) is 0 Å². The van der Waals surface area contributed by atoms with Crippen LogP contribution in [-0.4, -0.2) is 50.0 Å². The topological polar surface area (TPSA) is 48.0 Å². The number of hydrogen-bond acceptors (Lipinski definition) is 4. The molecular formula is C15H19NO4. The van der Waals surface area contributed by atoms with E-state index in [-0.39, 0.29) is 5.91 Å². The van der Waals surface area contributed by atoms with Crippen LogP contribution in [0, 0.1) is 0 Å². The first-order valence-corrected chi connectivity index (χ1v) is 6.94. The van der Waals surface area contributed by atoms with Crippen molar-refractivity contribution in [2.45, 2.75) is 18.6 Å². The molecule has 1 spiro atoms. The Morgan fingerprint density at radius 2 is 2.05 bits per heavy atom. The molecule has 2 aliphatic rings. The highest BCUT2D eigenvalue weighted by Crippen LogP contribution is 2.31. The Kier molecular flexibility index (Phi) is 3.63. The summed E-state index contributed by atoms with van der Waals surface area (Å²) in [6, 6.07) is 7.29. The minimum Gasteiger partial charge on any atom is -0.496 e. The Bertz CT molecular complexity index is 496. The van der Waals surface area contributed by atoms with Crippen LogP contribution in [0.3, 0.4) is 0 Å². The van der Waals surface area contributed by atoms with E-state index in [1.807, 2.05) is 12.1 Å². The molecule has 5 nitrogen and oxygen atoms in total. The van der Waals surface area contributed by atoms with E-state index in [0.717, 1.165) is 19.4 Å². The summed E-state index contributed by atoms with van der Waals surface area (Å²) >= 11 is 0. The number of ether oxygens (including phenoxy) is 3. The first kappa shape index (κ1) is 13.4. The number of benzene rings is 1. The van der Waals surface area contributed by atoms with E-state index >= 15 is 0 Å². The van der Waals surface area contributed by atoms with Crippen LogP contribution in [0.2, 0.25) is 0 Å². The zero-order chi connectivity index (χ0) is 14.0. The predicted molar refractivity (Wildman–Crippen MR) is 72.8 cm³/mol. The third-order valence-electron chi connectivity index (χ3n) is 3.86. The van der Waals surface area contributed by atoms with Gasteiger partial charge in [-0.15, -0.1) is 0 Å². The lowest BCUT2D eigenvalue weighted by atomic mass is 10.0. The standard InChI is InChI=1S/C15H19NO4/c1-18-13-6-3-2-5-12(13)14(17)16-8-4-7-15(11-16)19-9-10-20-15/h2-3,5-6H,4,7-11H2,1H3. The SMILES string of the molecule is COc1ccccc1C(=O)N1CCCC2(C1)OCCO2. The van der Waals surface area contributed by atoms with Gasteiger partial charge in [-0.3, -0.25) is 4.79 Å². The fourth-order valence-corrected chi connectivity index (χ4v) is 2.89. The smallest absolute Gasteiger partial charge is 0.257 e. The van der Waals surface area contributed by atoms with E-state index in [0.29, 0.717) is 31.1 Å². The highest BCUT2D eigenvalue weighted by Gasteiger charge is 2.42. The molecule has 0 N–H and O–H groups in total. The maximum absolute atomic E-state index is 12.7. The number of carbonyl (C=O) groups excluding carboxylic acids is 1. The Morgan fingerprint density at radius 3 is 2.80 bits per heavy atom. The van der Waals surface area contributed by atoms with Crippen LogP contribution in [-0.2, 0) is 9.47 Å². The summed E-state index contributed by atoms with van der Waals surface area (Å²) in [5, 5.41) is 0. The van der Waals surface area contributed by atoms with Crippen molar-refractivity contribution < 1.29 is 19.0 Å². The van der Waals surface area contributed by atoms with Gasteiger partial charge in [0.05, 0.1) is 32.4 Å². The molecule has 1 aromatic carbocycles. The third kappa shape index (κ3) is 2.39. The minimum absolute atomic E-state index is 0.0272. The van der Waals surface area contributed by atoms with Gasteiger partial charge in [0, 0.05) is 13.0 Å². The molecule has 20 heavy (non-hydrogen) atoms. The monoisotopic (exact) mass is 277 g/mol. The molecule has 2 heterocycles. The number of amides is 1. The molecule has 0 aliphatic carbocycles. The van der Waals surface area contributed by atoms with E-state index in [9.17, 15) is 4.79 Å². The number of methoxy groups -OCH3 is 1. The first-order chi connectivity index (χ1) is 9.74. The van der Waals surface area contributed by atoms with Crippen LogP contribution in [0.5, 0.6) is 5.75 Å². The number of para-hydroxylation sites is 1. The van der Waals surface area contributed by atoms with Crippen LogP contribution >= 0.6 is 0 Å². The summed E-state index contributed by atoms with van der Waals surface area (Å²) in [7, 11) is 1.58. The average Bonchev–Trinajstić information content (AvgIpc) is 2.94. The molecule has 108 valence electrons. The number of piperidine rings is 1. The largest absolute Gasteiger partial charge is 0.496 e. The third-order valence-corrected chi connectivity index (χ3v) is 3.86. The number of hydrogen-bond donors (Lipinski definition) is 0. The lowest BCUT2D eigenvalue weighted by molar-refractivity contribution is -0.183. The Hall–Kier alpha value is -1.59. The molecule has 0 aromatic heterocycles. The summed E-state index contributed by atoms with van der Waals surface area (Å²) in [5.74, 6) is -0.0124. The maximum Gasteiger partial charge on any atom is 0.257 e. The summed E-state index contributed by atoms with van der Waals surface area (Å²) < 4.78 is 16.7. The molecule has 3 rings (SSSR count). The fraction of sp³-hybridized carbons (Fsp3) is 0.533. The predicted octanol–water partition coefficient (Wildman–Crippen LogP) is 1.67. The van der Waals surface area contributed by atoms with Crippen molar-refractivity contribution >= 4 is 5.91 Å². The Balaban J connectivity index is 1.79. The molecule has 2 aliphatic heterocycles. The second-order valence-corrected chi connectivity index (χ2v) is 5.14. The number of likely N-dealkylation sites (tertiary alicyclic amines) is 1. The van der Waals surface area contributed by atoms with Gasteiger partial charge in [-0.25, -0.2) is 0 Å². The van der Waals surface area contributed by atoms with Crippen LogP contribution in [0.15, 0.2) is 24.3 Å². The van der Waals surface area contributed by atoms with Gasteiger partial charge >= 0.3 is 0 Å². The number of carbonyl (C=O) groups is 1. The normalized spacial score (nSPS) is 21.1. The molecule has 1 aromatic rings. The molecule has 0 radical (unpaired) electrons. The molecule has 2 saturated heterocycles. The van der Waals surface area contributed by atoms with Gasteiger partial charge in [-0.05, 0) is 18.6 Å². The van der Waals surface area contributed by atoms with E-state index < -0.39 is 5.79 Å². The molecular weight excluding hydrogens is 258 g/mol. The van der Waals surface area contributed by atoms with Crippen LogP contribution < -0.4 is 4.74 Å². The van der Waals surface area contributed by atoms with Crippen molar-refractivity contribution in [2.24, 2.45) is 0 Å². The zero-order valence-electron chi connectivity index (χ0n) is 11.6. The average molecular weight is 277 g/mol. The zero-order valence-corrected chi connectivity index (χ0v) is 11.6. The number of nitrogens with zero attached hydrogens (tertiary/aromatic N) is 1. The van der Waals surface area contributed by atoms with Crippen molar-refractivity contribution in [2.75, 3.05) is 33.4 Å². The van der Waals surface area contributed by atoms with Crippen molar-refractivity contribution in [1.82, 2.24) is 4.90 Å². The van der Waals surface area contributed by atoms with Gasteiger partial charge in [0.15, 0.2) is 5.79 Å². The van der Waals surface area contributed by atoms with E-state index in [4.69, 9.17) is 14.2 Å². The van der Waals surface area contributed by atoms with E-state index in [1.165, 1.54) is 0 Å². The molecule has 5 heteroatoms. The van der Waals surface area contributed by atoms with Gasteiger partial charge in [0.25, 0.3) is 5.91 Å². The number of rotatable bonds is 2. The molecule has 1 amide bonds. The van der Waals surface area contributed by atoms with E-state index in [2.05, 4.69) is 0 Å². The molecule has 0 atom stereocenters. The van der Waals surface area contributed by atoms with Crippen molar-refractivity contribution in [3.05, 3.63) is 29.8 Å². The highest BCUT2D eigenvalue weighted by molar-refractivity contribution is 5.97. The summed E-state index contributed by atoms with van der Waals surface area (Å²) in [6.45, 7) is 2.43. The van der Waals surface area contributed by atoms with Gasteiger partial charge in [-0.2, -0.15) is 0 Å². The second-order valence-electron chi connectivity index (χ2n) is 5.14. The lowest BCUT2D eigenvalue weighted by Gasteiger charge is -2.38. The van der Waals surface area contributed by atoms with Crippen LogP contribution in [0.1, 0.15) is 23.2 Å². The lowest BCUT2D eigenvalue weighted by Crippen LogP contribution is -2.51. The molecule has 0 unspecified atom stereocenters. The van der Waals surface area contributed by atoms with Crippen molar-refractivity contribution in [3.63, 3.8) is 0 Å². The molecule has 2 fully saturated rings. The molecule has 0 bridgehead atoms. The van der Waals surface area contributed by atoms with Gasteiger partial charge in [0.1, 0.15) is 5.75 Å². The van der Waals surface area contributed by atoms with E-state index in [1.54, 1.807) is 24.1 Å². The summed E-state index contributed by atoms with van der Waals surface area (Å²) in [5.41, 5.74) is 0.588.